The van der Waals surface area contributed by atoms with Crippen LogP contribution < -0.4 is 15.8 Å². The molecule has 1 saturated carbocycles. The molecule has 0 aromatic heterocycles. The number of para-hydroxylation sites is 1. The summed E-state index contributed by atoms with van der Waals surface area (Å²) in [7, 11) is 0. The summed E-state index contributed by atoms with van der Waals surface area (Å²) in [6.07, 6.45) is 6.93. The highest BCUT2D eigenvalue weighted by molar-refractivity contribution is 5.97. The lowest BCUT2D eigenvalue weighted by Crippen LogP contribution is -2.39. The summed E-state index contributed by atoms with van der Waals surface area (Å²) in [5, 5.41) is 2.77. The maximum atomic E-state index is 14.4. The molecule has 1 aromatic carbocycles. The third-order valence-corrected chi connectivity index (χ3v) is 4.66. The van der Waals surface area contributed by atoms with Crippen molar-refractivity contribution in [1.29, 1.82) is 0 Å². The smallest absolute Gasteiger partial charge is 0.199 e. The molecule has 7 heteroatoms. The number of hydrogen-bond acceptors (Lipinski definition) is 4. The lowest BCUT2D eigenvalue weighted by Gasteiger charge is -2.22. The summed E-state index contributed by atoms with van der Waals surface area (Å²) in [4.78, 5) is 8.60. The minimum Gasteiger partial charge on any atom is -0.488 e. The molecule has 2 aliphatic rings. The van der Waals surface area contributed by atoms with E-state index in [0.29, 0.717) is 30.1 Å². The number of halogens is 2. The normalized spacial score (nSPS) is 20.5. The van der Waals surface area contributed by atoms with Gasteiger partial charge in [0.1, 0.15) is 22.9 Å². The van der Waals surface area contributed by atoms with E-state index >= 15 is 0 Å². The molecule has 1 fully saturated rings. The van der Waals surface area contributed by atoms with Gasteiger partial charge in [0.2, 0.25) is 0 Å². The van der Waals surface area contributed by atoms with Crippen LogP contribution in [0.3, 0.4) is 0 Å². The fourth-order valence-electron chi connectivity index (χ4n) is 3.24. The molecule has 1 aliphatic heterocycles. The SMILES string of the molecule is CC(C)(F)C1=CCCC(=Nc2c(F)cccc2OC2CCCC2)N=C(N)N1. The van der Waals surface area contributed by atoms with E-state index in [9.17, 15) is 8.78 Å². The van der Waals surface area contributed by atoms with Crippen LogP contribution in [0, 0.1) is 5.82 Å². The molecule has 1 aliphatic carbocycles. The standard InChI is InChI=1S/C20H26F2N4O/c1-20(2,22)16-11-6-12-17(26-19(23)24-16)25-18-14(21)9-5-10-15(18)27-13-7-3-4-8-13/h5,9-11,13H,3-4,6-8,12H2,1-2H3,(H3,23,24,25,26). The van der Waals surface area contributed by atoms with Gasteiger partial charge in [-0.2, -0.15) is 4.99 Å². The minimum atomic E-state index is -1.55. The van der Waals surface area contributed by atoms with Crippen molar-refractivity contribution in [1.82, 2.24) is 5.32 Å². The lowest BCUT2D eigenvalue weighted by atomic mass is 10.0. The van der Waals surface area contributed by atoms with Crippen LogP contribution in [0.25, 0.3) is 0 Å². The van der Waals surface area contributed by atoms with Gasteiger partial charge in [0.25, 0.3) is 0 Å². The maximum absolute atomic E-state index is 14.4. The molecule has 1 aromatic rings. The molecule has 0 spiro atoms. The Balaban J connectivity index is 1.86. The zero-order chi connectivity index (χ0) is 19.4. The molecule has 146 valence electrons. The van der Waals surface area contributed by atoms with Crippen molar-refractivity contribution >= 4 is 17.5 Å². The van der Waals surface area contributed by atoms with Crippen LogP contribution in [0.2, 0.25) is 0 Å². The molecule has 0 bridgehead atoms. The number of nitrogens with one attached hydrogen (secondary N) is 1. The number of guanidine groups is 1. The summed E-state index contributed by atoms with van der Waals surface area (Å²) in [6, 6.07) is 4.68. The Labute approximate surface area is 158 Å². The first kappa shape index (κ1) is 19.3. The number of allylic oxidation sites excluding steroid dienone is 2. The van der Waals surface area contributed by atoms with Gasteiger partial charge >= 0.3 is 0 Å². The van der Waals surface area contributed by atoms with E-state index in [1.165, 1.54) is 19.9 Å². The van der Waals surface area contributed by atoms with E-state index in [-0.39, 0.29) is 17.8 Å². The zero-order valence-electron chi connectivity index (χ0n) is 15.8. The first-order valence-corrected chi connectivity index (χ1v) is 9.36. The number of nitrogens with two attached hydrogens (primary N) is 1. The number of alkyl halides is 1. The van der Waals surface area contributed by atoms with E-state index in [1.807, 2.05) is 0 Å². The molecular formula is C20H26F2N4O. The van der Waals surface area contributed by atoms with E-state index < -0.39 is 11.5 Å². The summed E-state index contributed by atoms with van der Waals surface area (Å²) < 4.78 is 34.6. The van der Waals surface area contributed by atoms with Crippen LogP contribution in [-0.4, -0.2) is 23.6 Å². The molecule has 0 amide bonds. The van der Waals surface area contributed by atoms with E-state index in [0.717, 1.165) is 25.7 Å². The van der Waals surface area contributed by atoms with Crippen molar-refractivity contribution in [2.24, 2.45) is 15.7 Å². The van der Waals surface area contributed by atoms with Crippen molar-refractivity contribution in [3.05, 3.63) is 35.8 Å². The van der Waals surface area contributed by atoms with E-state index in [4.69, 9.17) is 10.5 Å². The van der Waals surface area contributed by atoms with Gasteiger partial charge in [0.15, 0.2) is 11.8 Å². The highest BCUT2D eigenvalue weighted by atomic mass is 19.1. The Morgan fingerprint density at radius 1 is 1.30 bits per heavy atom. The van der Waals surface area contributed by atoms with Crippen molar-refractivity contribution in [2.75, 3.05) is 0 Å². The van der Waals surface area contributed by atoms with Gasteiger partial charge in [-0.25, -0.2) is 13.8 Å². The van der Waals surface area contributed by atoms with Crippen LogP contribution in [0.5, 0.6) is 5.75 Å². The fourth-order valence-corrected chi connectivity index (χ4v) is 3.24. The lowest BCUT2D eigenvalue weighted by molar-refractivity contribution is 0.210. The molecule has 0 atom stereocenters. The topological polar surface area (TPSA) is 72.0 Å². The third kappa shape index (κ3) is 5.05. The van der Waals surface area contributed by atoms with Crippen molar-refractivity contribution < 1.29 is 13.5 Å². The molecular weight excluding hydrogens is 350 g/mol. The van der Waals surface area contributed by atoms with Crippen molar-refractivity contribution in [3.8, 4) is 5.75 Å². The molecule has 3 N–H and O–H groups in total. The highest BCUT2D eigenvalue weighted by Crippen LogP contribution is 2.34. The second-order valence-corrected chi connectivity index (χ2v) is 7.39. The Morgan fingerprint density at radius 3 is 2.74 bits per heavy atom. The Morgan fingerprint density at radius 2 is 2.04 bits per heavy atom. The van der Waals surface area contributed by atoms with E-state index in [2.05, 4.69) is 15.3 Å². The number of benzene rings is 1. The monoisotopic (exact) mass is 376 g/mol. The molecule has 0 saturated heterocycles. The molecule has 5 nitrogen and oxygen atoms in total. The number of rotatable bonds is 4. The average molecular weight is 376 g/mol. The number of nitrogens with zero attached hydrogens (tertiary/aromatic N) is 2. The molecule has 27 heavy (non-hydrogen) atoms. The second-order valence-electron chi connectivity index (χ2n) is 7.39. The summed E-state index contributed by atoms with van der Waals surface area (Å²) in [5.74, 6) is 0.343. The van der Waals surface area contributed by atoms with Gasteiger partial charge < -0.3 is 15.8 Å². The maximum Gasteiger partial charge on any atom is 0.199 e. The average Bonchev–Trinajstić information content (AvgIpc) is 3.06. The number of aliphatic imine (C=N–C) groups is 2. The predicted molar refractivity (Wildman–Crippen MR) is 104 cm³/mol. The van der Waals surface area contributed by atoms with Crippen LogP contribution in [0.15, 0.2) is 40.0 Å². The number of ether oxygens (including phenoxy) is 1. The van der Waals surface area contributed by atoms with E-state index in [1.54, 1.807) is 18.2 Å². The van der Waals surface area contributed by atoms with Gasteiger partial charge in [-0.15, -0.1) is 0 Å². The van der Waals surface area contributed by atoms with Gasteiger partial charge in [-0.3, -0.25) is 0 Å². The fraction of sp³-hybridized carbons (Fsp3) is 0.500. The largest absolute Gasteiger partial charge is 0.488 e. The summed E-state index contributed by atoms with van der Waals surface area (Å²) in [5.41, 5.74) is 4.81. The van der Waals surface area contributed by atoms with Gasteiger partial charge in [-0.05, 0) is 58.1 Å². The third-order valence-electron chi connectivity index (χ3n) is 4.66. The first-order valence-electron chi connectivity index (χ1n) is 9.36. The first-order chi connectivity index (χ1) is 12.8. The summed E-state index contributed by atoms with van der Waals surface area (Å²) >= 11 is 0. The van der Waals surface area contributed by atoms with Crippen molar-refractivity contribution in [2.45, 2.75) is 64.1 Å². The Kier molecular flexibility index (Phi) is 5.77. The van der Waals surface area contributed by atoms with Gasteiger partial charge in [0.05, 0.1) is 11.8 Å². The molecule has 3 rings (SSSR count). The Bertz CT molecular complexity index is 775. The quantitative estimate of drug-likeness (QED) is 0.812. The van der Waals surface area contributed by atoms with Gasteiger partial charge in [0, 0.05) is 6.42 Å². The van der Waals surface area contributed by atoms with Crippen LogP contribution >= 0.6 is 0 Å². The predicted octanol–water partition coefficient (Wildman–Crippen LogP) is 4.51. The van der Waals surface area contributed by atoms with Crippen molar-refractivity contribution in [3.63, 3.8) is 0 Å². The van der Waals surface area contributed by atoms with Crippen LogP contribution in [0.4, 0.5) is 14.5 Å². The highest BCUT2D eigenvalue weighted by Gasteiger charge is 2.24. The molecule has 0 radical (unpaired) electrons. The Hall–Kier alpha value is -2.44. The van der Waals surface area contributed by atoms with Gasteiger partial charge in [-0.1, -0.05) is 12.1 Å². The second kappa shape index (κ2) is 8.06. The molecule has 1 heterocycles. The number of amidine groups is 1. The number of hydrogen-bond donors (Lipinski definition) is 2. The van der Waals surface area contributed by atoms with Crippen LogP contribution in [0.1, 0.15) is 52.4 Å². The van der Waals surface area contributed by atoms with Crippen LogP contribution in [-0.2, 0) is 0 Å². The zero-order valence-corrected chi connectivity index (χ0v) is 15.8. The minimum absolute atomic E-state index is 0.0278. The summed E-state index contributed by atoms with van der Waals surface area (Å²) in [6.45, 7) is 2.89. The molecule has 0 unspecified atom stereocenters.